The van der Waals surface area contributed by atoms with Crippen LogP contribution in [0.4, 0.5) is 11.4 Å². The number of aromatic amines is 1. The van der Waals surface area contributed by atoms with E-state index in [0.717, 1.165) is 78.0 Å². The van der Waals surface area contributed by atoms with Crippen LogP contribution in [0, 0.1) is 18.3 Å². The standard InChI is InChI=1S/C30H29ClN6O/c1-3-36-8-10-37(11-9-36)18-20-4-5-27-21(12-20)13-28(38-27)24-17-33-16-22(15-32)29(24)35-26-14-25(31)30-23(19(26)2)6-7-34-30/h4-7,12-14,16-17,34H,3,8-11,18H2,1-2H3,(H,33,35). The minimum Gasteiger partial charge on any atom is -0.456 e. The first-order valence-electron chi connectivity index (χ1n) is 12.9. The Labute approximate surface area is 226 Å². The number of likely N-dealkylation sites (N-methyl/N-ethyl adjacent to an activating group) is 1. The van der Waals surface area contributed by atoms with E-state index < -0.39 is 0 Å². The summed E-state index contributed by atoms with van der Waals surface area (Å²) in [7, 11) is 0. The fourth-order valence-electron chi connectivity index (χ4n) is 5.31. The Bertz CT molecular complexity index is 1670. The zero-order valence-electron chi connectivity index (χ0n) is 21.5. The highest BCUT2D eigenvalue weighted by Gasteiger charge is 2.19. The Hall–Kier alpha value is -3.83. The van der Waals surface area contributed by atoms with Crippen LogP contribution in [0.15, 0.2) is 59.4 Å². The Morgan fingerprint density at radius 3 is 2.71 bits per heavy atom. The van der Waals surface area contributed by atoms with Gasteiger partial charge in [-0.15, -0.1) is 0 Å². The van der Waals surface area contributed by atoms with Gasteiger partial charge in [0.25, 0.3) is 0 Å². The average Bonchev–Trinajstić information content (AvgIpc) is 3.60. The van der Waals surface area contributed by atoms with E-state index in [9.17, 15) is 5.26 Å². The lowest BCUT2D eigenvalue weighted by Gasteiger charge is -2.34. The fraction of sp³-hybridized carbons (Fsp3) is 0.267. The Morgan fingerprint density at radius 1 is 1.11 bits per heavy atom. The molecule has 8 heteroatoms. The maximum atomic E-state index is 9.90. The molecule has 0 bridgehead atoms. The molecule has 2 aromatic carbocycles. The number of benzene rings is 2. The molecule has 2 N–H and O–H groups in total. The van der Waals surface area contributed by atoms with Gasteiger partial charge in [-0.3, -0.25) is 9.88 Å². The van der Waals surface area contributed by atoms with Crippen molar-refractivity contribution in [2.75, 3.05) is 38.0 Å². The van der Waals surface area contributed by atoms with Crippen molar-refractivity contribution in [1.82, 2.24) is 19.8 Å². The number of H-pyrrole nitrogens is 1. The SMILES string of the molecule is CCN1CCN(Cc2ccc3oc(-c4cncc(C#N)c4Nc4cc(Cl)c5[nH]ccc5c4C)cc3c2)CC1. The normalized spacial score (nSPS) is 14.8. The molecule has 1 aliphatic rings. The first kappa shape index (κ1) is 24.5. The predicted molar refractivity (Wildman–Crippen MR) is 153 cm³/mol. The van der Waals surface area contributed by atoms with Crippen LogP contribution in [0.2, 0.25) is 5.02 Å². The second kappa shape index (κ2) is 10.1. The van der Waals surface area contributed by atoms with Crippen molar-refractivity contribution >= 4 is 44.8 Å². The van der Waals surface area contributed by atoms with E-state index in [0.29, 0.717) is 22.0 Å². The lowest BCUT2D eigenvalue weighted by Crippen LogP contribution is -2.45. The van der Waals surface area contributed by atoms with Crippen molar-refractivity contribution in [2.24, 2.45) is 0 Å². The summed E-state index contributed by atoms with van der Waals surface area (Å²) in [5.74, 6) is 0.660. The Morgan fingerprint density at radius 2 is 1.92 bits per heavy atom. The van der Waals surface area contributed by atoms with Gasteiger partial charge in [0.1, 0.15) is 17.4 Å². The number of piperazine rings is 1. The zero-order valence-corrected chi connectivity index (χ0v) is 22.3. The Kier molecular flexibility index (Phi) is 6.54. The summed E-state index contributed by atoms with van der Waals surface area (Å²) in [4.78, 5) is 12.5. The molecule has 0 spiro atoms. The summed E-state index contributed by atoms with van der Waals surface area (Å²) < 4.78 is 6.28. The third-order valence-electron chi connectivity index (χ3n) is 7.56. The minimum absolute atomic E-state index is 0.430. The van der Waals surface area contributed by atoms with Crippen LogP contribution in [-0.4, -0.2) is 52.5 Å². The van der Waals surface area contributed by atoms with Crippen LogP contribution in [0.5, 0.6) is 0 Å². The monoisotopic (exact) mass is 524 g/mol. The number of fused-ring (bicyclic) bond motifs is 2. The molecule has 0 unspecified atom stereocenters. The molecule has 3 aromatic heterocycles. The van der Waals surface area contributed by atoms with Crippen LogP contribution < -0.4 is 5.32 Å². The van der Waals surface area contributed by atoms with E-state index in [-0.39, 0.29) is 0 Å². The van der Waals surface area contributed by atoms with Gasteiger partial charge in [-0.25, -0.2) is 0 Å². The van der Waals surface area contributed by atoms with Gasteiger partial charge < -0.3 is 19.6 Å². The van der Waals surface area contributed by atoms with Crippen molar-refractivity contribution in [3.05, 3.63) is 76.7 Å². The van der Waals surface area contributed by atoms with E-state index in [2.05, 4.69) is 50.2 Å². The number of aromatic nitrogens is 2. The zero-order chi connectivity index (χ0) is 26.2. The summed E-state index contributed by atoms with van der Waals surface area (Å²) in [6.45, 7) is 10.7. The quantitative estimate of drug-likeness (QED) is 0.257. The topological polar surface area (TPSA) is 84.1 Å². The van der Waals surface area contributed by atoms with E-state index in [1.807, 2.05) is 37.4 Å². The van der Waals surface area contributed by atoms with E-state index >= 15 is 0 Å². The fourth-order valence-corrected chi connectivity index (χ4v) is 5.57. The maximum Gasteiger partial charge on any atom is 0.139 e. The van der Waals surface area contributed by atoms with Gasteiger partial charge in [-0.05, 0) is 54.9 Å². The van der Waals surface area contributed by atoms with E-state index in [1.165, 1.54) is 5.56 Å². The molecule has 0 amide bonds. The summed E-state index contributed by atoms with van der Waals surface area (Å²) >= 11 is 6.55. The number of nitrogens with one attached hydrogen (secondary N) is 2. The molecule has 0 saturated carbocycles. The molecule has 7 nitrogen and oxygen atoms in total. The number of hydrogen-bond donors (Lipinski definition) is 2. The number of nitrogens with zero attached hydrogens (tertiary/aromatic N) is 4. The smallest absolute Gasteiger partial charge is 0.139 e. The average molecular weight is 525 g/mol. The second-order valence-corrected chi connectivity index (χ2v) is 10.2. The van der Waals surface area contributed by atoms with Gasteiger partial charge in [0.15, 0.2) is 0 Å². The molecule has 6 rings (SSSR count). The molecule has 0 aliphatic carbocycles. The van der Waals surface area contributed by atoms with E-state index in [1.54, 1.807) is 12.4 Å². The summed E-state index contributed by atoms with van der Waals surface area (Å²) in [5.41, 5.74) is 6.62. The number of rotatable bonds is 6. The lowest BCUT2D eigenvalue weighted by atomic mass is 10.1. The number of pyridine rings is 1. The van der Waals surface area contributed by atoms with Crippen LogP contribution >= 0.6 is 11.6 Å². The van der Waals surface area contributed by atoms with Crippen LogP contribution in [0.3, 0.4) is 0 Å². The number of anilines is 2. The summed E-state index contributed by atoms with van der Waals surface area (Å²) in [6, 6.07) is 14.6. The molecule has 192 valence electrons. The molecular weight excluding hydrogens is 496 g/mol. The number of hydrogen-bond acceptors (Lipinski definition) is 6. The highest BCUT2D eigenvalue weighted by Crippen LogP contribution is 2.39. The van der Waals surface area contributed by atoms with Crippen molar-refractivity contribution in [3.63, 3.8) is 0 Å². The van der Waals surface area contributed by atoms with Crippen molar-refractivity contribution in [2.45, 2.75) is 20.4 Å². The molecule has 1 aliphatic heterocycles. The molecule has 38 heavy (non-hydrogen) atoms. The van der Waals surface area contributed by atoms with Gasteiger partial charge in [0.2, 0.25) is 0 Å². The van der Waals surface area contributed by atoms with Crippen molar-refractivity contribution in [3.8, 4) is 17.4 Å². The molecular formula is C30H29ClN6O. The lowest BCUT2D eigenvalue weighted by molar-refractivity contribution is 0.132. The maximum absolute atomic E-state index is 9.90. The van der Waals surface area contributed by atoms with Crippen molar-refractivity contribution in [1.29, 1.82) is 5.26 Å². The van der Waals surface area contributed by atoms with Gasteiger partial charge in [0, 0.05) is 67.8 Å². The molecule has 1 fully saturated rings. The highest BCUT2D eigenvalue weighted by atomic mass is 35.5. The molecule has 4 heterocycles. The highest BCUT2D eigenvalue weighted by molar-refractivity contribution is 6.35. The van der Waals surface area contributed by atoms with Crippen LogP contribution in [0.25, 0.3) is 33.2 Å². The number of aryl methyl sites for hydroxylation is 1. The molecule has 0 atom stereocenters. The summed E-state index contributed by atoms with van der Waals surface area (Å²) in [6.07, 6.45) is 5.18. The predicted octanol–water partition coefficient (Wildman–Crippen LogP) is 6.69. The largest absolute Gasteiger partial charge is 0.456 e. The first-order valence-corrected chi connectivity index (χ1v) is 13.3. The first-order chi connectivity index (χ1) is 18.5. The third kappa shape index (κ3) is 4.52. The number of furan rings is 1. The van der Waals surface area contributed by atoms with Crippen molar-refractivity contribution < 1.29 is 4.42 Å². The van der Waals surface area contributed by atoms with Gasteiger partial charge in [-0.2, -0.15) is 5.26 Å². The molecule has 1 saturated heterocycles. The van der Waals surface area contributed by atoms with E-state index in [4.69, 9.17) is 16.0 Å². The van der Waals surface area contributed by atoms with Crippen LogP contribution in [0.1, 0.15) is 23.6 Å². The number of nitriles is 1. The van der Waals surface area contributed by atoms with Gasteiger partial charge >= 0.3 is 0 Å². The van der Waals surface area contributed by atoms with Gasteiger partial charge in [-0.1, -0.05) is 24.6 Å². The molecule has 0 radical (unpaired) electrons. The Balaban J connectivity index is 1.33. The van der Waals surface area contributed by atoms with Gasteiger partial charge in [0.05, 0.1) is 27.4 Å². The summed E-state index contributed by atoms with van der Waals surface area (Å²) in [5, 5.41) is 16.0. The minimum atomic E-state index is 0.430. The third-order valence-corrected chi connectivity index (χ3v) is 7.85. The number of halogens is 1. The second-order valence-electron chi connectivity index (χ2n) is 9.84. The molecule has 5 aromatic rings. The van der Waals surface area contributed by atoms with Crippen LogP contribution in [-0.2, 0) is 6.54 Å².